The maximum atomic E-state index is 9.89. The van der Waals surface area contributed by atoms with Gasteiger partial charge in [0.05, 0.1) is 18.7 Å². The van der Waals surface area contributed by atoms with Crippen molar-refractivity contribution in [2.75, 3.05) is 26.9 Å². The average molecular weight is 337 g/mol. The fourth-order valence-corrected chi connectivity index (χ4v) is 3.29. The van der Waals surface area contributed by atoms with Gasteiger partial charge in [-0.25, -0.2) is 4.98 Å². The molecule has 1 aromatic heterocycles. The number of methoxy groups -OCH3 is 1. The molecule has 1 N–H and O–H groups in total. The summed E-state index contributed by atoms with van der Waals surface area (Å²) < 4.78 is 12.7. The van der Waals surface area contributed by atoms with Gasteiger partial charge in [0, 0.05) is 43.1 Å². The van der Waals surface area contributed by atoms with Crippen molar-refractivity contribution >= 4 is 11.6 Å². The normalized spacial score (nSPS) is 17.2. The number of halogens is 1. The molecule has 1 aromatic carbocycles. The summed E-state index contributed by atoms with van der Waals surface area (Å²) in [6.07, 6.45) is 5.42. The molecule has 5 nitrogen and oxygen atoms in total. The molecule has 0 saturated carbocycles. The maximum Gasteiger partial charge on any atom is 0.139 e. The van der Waals surface area contributed by atoms with E-state index in [9.17, 15) is 5.11 Å². The minimum atomic E-state index is -0.149. The molecule has 1 aliphatic heterocycles. The summed E-state index contributed by atoms with van der Waals surface area (Å²) in [6, 6.07) is 5.64. The molecule has 0 amide bonds. The van der Waals surface area contributed by atoms with Crippen molar-refractivity contribution in [3.63, 3.8) is 0 Å². The molecule has 1 aliphatic rings. The van der Waals surface area contributed by atoms with Crippen LogP contribution in [0.1, 0.15) is 12.8 Å². The molecule has 3 rings (SSSR count). The van der Waals surface area contributed by atoms with E-state index in [-0.39, 0.29) is 12.0 Å². The van der Waals surface area contributed by atoms with E-state index in [1.54, 1.807) is 13.3 Å². The summed E-state index contributed by atoms with van der Waals surface area (Å²) in [5, 5.41) is 10.4. The molecule has 0 atom stereocenters. The summed E-state index contributed by atoms with van der Waals surface area (Å²) in [5.41, 5.74) is 0.783. The van der Waals surface area contributed by atoms with Gasteiger partial charge in [0.15, 0.2) is 0 Å². The third-order valence-electron chi connectivity index (χ3n) is 4.52. The lowest BCUT2D eigenvalue weighted by molar-refractivity contribution is -0.0250. The lowest BCUT2D eigenvalue weighted by Crippen LogP contribution is -2.37. The Balaban J connectivity index is 1.88. The van der Waals surface area contributed by atoms with Gasteiger partial charge in [0.2, 0.25) is 0 Å². The van der Waals surface area contributed by atoms with Crippen LogP contribution in [0.3, 0.4) is 0 Å². The molecule has 1 saturated heterocycles. The van der Waals surface area contributed by atoms with Gasteiger partial charge in [-0.2, -0.15) is 0 Å². The number of rotatable bonds is 5. The van der Waals surface area contributed by atoms with Crippen molar-refractivity contribution in [1.82, 2.24) is 9.55 Å². The number of nitrogens with zero attached hydrogens (tertiary/aromatic N) is 2. The van der Waals surface area contributed by atoms with Crippen LogP contribution in [0.2, 0.25) is 5.02 Å². The monoisotopic (exact) mass is 336 g/mol. The molecular formula is C17H21ClN2O3. The highest BCUT2D eigenvalue weighted by atomic mass is 35.5. The first-order chi connectivity index (χ1) is 11.2. The number of aliphatic hydroxyl groups is 1. The molecular weight excluding hydrogens is 316 g/mol. The summed E-state index contributed by atoms with van der Waals surface area (Å²) in [7, 11) is 1.60. The van der Waals surface area contributed by atoms with Gasteiger partial charge in [-0.1, -0.05) is 11.6 Å². The number of imidazole rings is 1. The smallest absolute Gasteiger partial charge is 0.139 e. The summed E-state index contributed by atoms with van der Waals surface area (Å²) in [4.78, 5) is 4.46. The van der Waals surface area contributed by atoms with E-state index in [0.29, 0.717) is 30.5 Å². The lowest BCUT2D eigenvalue weighted by atomic mass is 9.81. The molecule has 0 radical (unpaired) electrons. The first-order valence-corrected chi connectivity index (χ1v) is 8.09. The van der Waals surface area contributed by atoms with Crippen molar-refractivity contribution in [3.8, 4) is 17.1 Å². The van der Waals surface area contributed by atoms with E-state index in [1.165, 1.54) is 0 Å². The molecule has 1 fully saturated rings. The van der Waals surface area contributed by atoms with Crippen molar-refractivity contribution in [3.05, 3.63) is 35.6 Å². The topological polar surface area (TPSA) is 56.5 Å². The van der Waals surface area contributed by atoms with Crippen molar-refractivity contribution in [2.24, 2.45) is 5.41 Å². The zero-order chi connectivity index (χ0) is 16.3. The first kappa shape index (κ1) is 16.3. The molecule has 0 unspecified atom stereocenters. The van der Waals surface area contributed by atoms with Gasteiger partial charge in [-0.05, 0) is 31.0 Å². The predicted octanol–water partition coefficient (Wildman–Crippen LogP) is 3.00. The predicted molar refractivity (Wildman–Crippen MR) is 88.8 cm³/mol. The van der Waals surface area contributed by atoms with E-state index in [1.807, 2.05) is 24.4 Å². The van der Waals surface area contributed by atoms with Crippen LogP contribution in [-0.2, 0) is 11.3 Å². The van der Waals surface area contributed by atoms with Gasteiger partial charge in [0.1, 0.15) is 11.6 Å². The van der Waals surface area contributed by atoms with Crippen LogP contribution < -0.4 is 4.74 Å². The van der Waals surface area contributed by atoms with Crippen LogP contribution in [0.25, 0.3) is 11.4 Å². The minimum Gasteiger partial charge on any atom is -0.495 e. The van der Waals surface area contributed by atoms with Crippen molar-refractivity contribution < 1.29 is 14.6 Å². The fraction of sp³-hybridized carbons (Fsp3) is 0.471. The van der Waals surface area contributed by atoms with Crippen LogP contribution in [0.5, 0.6) is 5.75 Å². The molecule has 23 heavy (non-hydrogen) atoms. The number of aliphatic hydroxyl groups excluding tert-OH is 1. The third-order valence-corrected chi connectivity index (χ3v) is 4.82. The van der Waals surface area contributed by atoms with Gasteiger partial charge >= 0.3 is 0 Å². The first-order valence-electron chi connectivity index (χ1n) is 7.71. The van der Waals surface area contributed by atoms with Gasteiger partial charge in [-0.15, -0.1) is 0 Å². The number of ether oxygens (including phenoxy) is 2. The molecule has 0 aliphatic carbocycles. The number of hydrogen-bond donors (Lipinski definition) is 1. The molecule has 124 valence electrons. The van der Waals surface area contributed by atoms with E-state index >= 15 is 0 Å². The highest BCUT2D eigenvalue weighted by Crippen LogP contribution is 2.34. The van der Waals surface area contributed by atoms with E-state index in [2.05, 4.69) is 9.55 Å². The van der Waals surface area contributed by atoms with Crippen LogP contribution in [0.4, 0.5) is 0 Å². The molecule has 2 aromatic rings. The maximum absolute atomic E-state index is 9.89. The van der Waals surface area contributed by atoms with Crippen molar-refractivity contribution in [2.45, 2.75) is 19.4 Å². The second-order valence-electron chi connectivity index (χ2n) is 6.00. The summed E-state index contributed by atoms with van der Waals surface area (Å²) in [6.45, 7) is 2.25. The Morgan fingerprint density at radius 3 is 2.83 bits per heavy atom. The lowest BCUT2D eigenvalue weighted by Gasteiger charge is -2.36. The fourth-order valence-electron chi connectivity index (χ4n) is 3.03. The second kappa shape index (κ2) is 6.91. The average Bonchev–Trinajstić information content (AvgIpc) is 3.03. The molecule has 0 spiro atoms. The number of hydrogen-bond acceptors (Lipinski definition) is 4. The molecule has 2 heterocycles. The van der Waals surface area contributed by atoms with Gasteiger partial charge in [0.25, 0.3) is 0 Å². The Bertz CT molecular complexity index is 666. The van der Waals surface area contributed by atoms with E-state index < -0.39 is 0 Å². The van der Waals surface area contributed by atoms with Crippen LogP contribution >= 0.6 is 11.6 Å². The largest absolute Gasteiger partial charge is 0.495 e. The van der Waals surface area contributed by atoms with Crippen LogP contribution in [0.15, 0.2) is 30.6 Å². The molecule has 0 bridgehead atoms. The minimum absolute atomic E-state index is 0.149. The van der Waals surface area contributed by atoms with E-state index in [0.717, 1.165) is 24.2 Å². The van der Waals surface area contributed by atoms with Gasteiger partial charge in [-0.3, -0.25) is 0 Å². The summed E-state index contributed by atoms with van der Waals surface area (Å²) >= 11 is 6.23. The van der Waals surface area contributed by atoms with Crippen LogP contribution in [0, 0.1) is 5.41 Å². The number of aromatic nitrogens is 2. The highest BCUT2D eigenvalue weighted by molar-refractivity contribution is 6.32. The molecule has 6 heteroatoms. The van der Waals surface area contributed by atoms with Crippen LogP contribution in [-0.4, -0.2) is 41.6 Å². The third kappa shape index (κ3) is 3.37. The Labute approximate surface area is 140 Å². The Morgan fingerprint density at radius 2 is 2.17 bits per heavy atom. The zero-order valence-corrected chi connectivity index (χ0v) is 13.9. The summed E-state index contributed by atoms with van der Waals surface area (Å²) in [5.74, 6) is 1.48. The number of benzene rings is 1. The zero-order valence-electron chi connectivity index (χ0n) is 13.2. The van der Waals surface area contributed by atoms with E-state index in [4.69, 9.17) is 21.1 Å². The van der Waals surface area contributed by atoms with Crippen molar-refractivity contribution in [1.29, 1.82) is 0 Å². The standard InChI is InChI=1S/C17H21ClN2O3/c1-22-15-3-2-13(10-14(15)18)16-19-6-7-20(16)11-17(12-21)4-8-23-9-5-17/h2-3,6-7,10,21H,4-5,8-9,11-12H2,1H3. The highest BCUT2D eigenvalue weighted by Gasteiger charge is 2.33. The Kier molecular flexibility index (Phi) is 4.90. The Morgan fingerprint density at radius 1 is 1.39 bits per heavy atom. The quantitative estimate of drug-likeness (QED) is 0.912. The SMILES string of the molecule is COc1ccc(-c2nccn2CC2(CO)CCOCC2)cc1Cl. The van der Waals surface area contributed by atoms with Gasteiger partial charge < -0.3 is 19.1 Å². The Hall–Kier alpha value is -1.56. The second-order valence-corrected chi connectivity index (χ2v) is 6.41.